The van der Waals surface area contributed by atoms with Gasteiger partial charge in [-0.1, -0.05) is 0 Å². The van der Waals surface area contributed by atoms with Crippen molar-refractivity contribution in [3.63, 3.8) is 0 Å². The molecule has 1 aliphatic rings. The van der Waals surface area contributed by atoms with Gasteiger partial charge in [-0.25, -0.2) is 9.97 Å². The van der Waals surface area contributed by atoms with Crippen molar-refractivity contribution >= 4 is 17.5 Å². The largest absolute Gasteiger partial charge is 0.497 e. The van der Waals surface area contributed by atoms with Crippen molar-refractivity contribution in [3.8, 4) is 5.75 Å². The van der Waals surface area contributed by atoms with Gasteiger partial charge >= 0.3 is 0 Å². The maximum absolute atomic E-state index is 12.3. The number of hydrogen-bond donors (Lipinski definition) is 1. The number of anilines is 1. The van der Waals surface area contributed by atoms with E-state index in [0.29, 0.717) is 19.5 Å². The Morgan fingerprint density at radius 3 is 2.68 bits per heavy atom. The van der Waals surface area contributed by atoms with Crippen LogP contribution in [0.2, 0.25) is 0 Å². The predicted octanol–water partition coefficient (Wildman–Crippen LogP) is 1.20. The fraction of sp³-hybridized carbons (Fsp3) is 0.333. The van der Waals surface area contributed by atoms with Crippen LogP contribution in [0.15, 0.2) is 43.0 Å². The van der Waals surface area contributed by atoms with E-state index in [9.17, 15) is 9.59 Å². The molecule has 7 nitrogen and oxygen atoms in total. The molecule has 0 spiro atoms. The highest BCUT2D eigenvalue weighted by Gasteiger charge is 2.34. The quantitative estimate of drug-likeness (QED) is 0.854. The molecule has 2 heterocycles. The maximum Gasteiger partial charge on any atom is 0.227 e. The van der Waals surface area contributed by atoms with E-state index in [1.165, 1.54) is 6.33 Å². The Morgan fingerprint density at radius 1 is 1.28 bits per heavy atom. The molecule has 1 fully saturated rings. The summed E-state index contributed by atoms with van der Waals surface area (Å²) in [6.07, 6.45) is 5.81. The molecule has 0 saturated carbocycles. The van der Waals surface area contributed by atoms with E-state index in [-0.39, 0.29) is 24.2 Å². The monoisotopic (exact) mass is 340 g/mol. The van der Waals surface area contributed by atoms with Crippen molar-refractivity contribution in [2.75, 3.05) is 25.1 Å². The summed E-state index contributed by atoms with van der Waals surface area (Å²) in [6.45, 7) is 0.894. The Morgan fingerprint density at radius 2 is 2.00 bits per heavy atom. The van der Waals surface area contributed by atoms with E-state index in [1.54, 1.807) is 36.5 Å². The SMILES string of the molecule is COc1ccc(N2CC(C(=O)NCCc3cncnc3)CC2=O)cc1. The van der Waals surface area contributed by atoms with Crippen molar-refractivity contribution in [2.45, 2.75) is 12.8 Å². The minimum atomic E-state index is -0.332. The highest BCUT2D eigenvalue weighted by molar-refractivity contribution is 6.00. The standard InChI is InChI=1S/C18H20N4O3/c1-25-16-4-2-15(3-5-16)22-11-14(8-17(22)23)18(24)21-7-6-13-9-19-12-20-10-13/h2-5,9-10,12,14H,6-8,11H2,1H3,(H,21,24). The van der Waals surface area contributed by atoms with Crippen LogP contribution >= 0.6 is 0 Å². The number of carbonyl (C=O) groups is 2. The number of nitrogens with one attached hydrogen (secondary N) is 1. The summed E-state index contributed by atoms with van der Waals surface area (Å²) in [5.41, 5.74) is 1.74. The molecule has 0 radical (unpaired) electrons. The highest BCUT2D eigenvalue weighted by Crippen LogP contribution is 2.26. The van der Waals surface area contributed by atoms with Gasteiger partial charge in [0, 0.05) is 37.6 Å². The fourth-order valence-electron chi connectivity index (χ4n) is 2.83. The van der Waals surface area contributed by atoms with E-state index in [2.05, 4.69) is 15.3 Å². The molecule has 1 saturated heterocycles. The van der Waals surface area contributed by atoms with Crippen molar-refractivity contribution in [1.82, 2.24) is 15.3 Å². The van der Waals surface area contributed by atoms with Crippen LogP contribution in [0.5, 0.6) is 5.75 Å². The summed E-state index contributed by atoms with van der Waals surface area (Å²) in [7, 11) is 1.60. The molecule has 0 aliphatic carbocycles. The second-order valence-corrected chi connectivity index (χ2v) is 5.89. The number of benzene rings is 1. The minimum Gasteiger partial charge on any atom is -0.497 e. The highest BCUT2D eigenvalue weighted by atomic mass is 16.5. The normalized spacial score (nSPS) is 16.8. The van der Waals surface area contributed by atoms with Gasteiger partial charge in [0.1, 0.15) is 12.1 Å². The van der Waals surface area contributed by atoms with E-state index < -0.39 is 0 Å². The molecule has 1 aromatic carbocycles. The molecular formula is C18H20N4O3. The zero-order valence-corrected chi connectivity index (χ0v) is 14.0. The molecule has 0 bridgehead atoms. The number of carbonyl (C=O) groups excluding carboxylic acids is 2. The van der Waals surface area contributed by atoms with Crippen LogP contribution in [0.3, 0.4) is 0 Å². The molecule has 1 N–H and O–H groups in total. The van der Waals surface area contributed by atoms with Crippen LogP contribution < -0.4 is 15.0 Å². The van der Waals surface area contributed by atoms with Crippen LogP contribution in [-0.2, 0) is 16.0 Å². The first-order chi connectivity index (χ1) is 12.2. The third-order valence-electron chi connectivity index (χ3n) is 4.21. The molecule has 2 amide bonds. The van der Waals surface area contributed by atoms with Crippen LogP contribution in [0.25, 0.3) is 0 Å². The third-order valence-corrected chi connectivity index (χ3v) is 4.21. The Labute approximate surface area is 146 Å². The van der Waals surface area contributed by atoms with Gasteiger partial charge in [-0.05, 0) is 36.2 Å². The predicted molar refractivity (Wildman–Crippen MR) is 92.2 cm³/mol. The molecule has 7 heteroatoms. The average Bonchev–Trinajstić information content (AvgIpc) is 3.04. The Hall–Kier alpha value is -2.96. The number of amides is 2. The average molecular weight is 340 g/mol. The molecular weight excluding hydrogens is 320 g/mol. The van der Waals surface area contributed by atoms with Gasteiger partial charge in [0.2, 0.25) is 11.8 Å². The van der Waals surface area contributed by atoms with Crippen molar-refractivity contribution in [3.05, 3.63) is 48.5 Å². The Bertz CT molecular complexity index is 734. The smallest absolute Gasteiger partial charge is 0.227 e. The van der Waals surface area contributed by atoms with Gasteiger partial charge < -0.3 is 15.0 Å². The van der Waals surface area contributed by atoms with Gasteiger partial charge in [-0.2, -0.15) is 0 Å². The lowest BCUT2D eigenvalue weighted by Gasteiger charge is -2.17. The second kappa shape index (κ2) is 7.74. The summed E-state index contributed by atoms with van der Waals surface area (Å²) >= 11 is 0. The number of nitrogens with zero attached hydrogens (tertiary/aromatic N) is 3. The van der Waals surface area contributed by atoms with Gasteiger partial charge in [0.25, 0.3) is 0 Å². The van der Waals surface area contributed by atoms with Crippen molar-refractivity contribution < 1.29 is 14.3 Å². The van der Waals surface area contributed by atoms with E-state index in [0.717, 1.165) is 17.0 Å². The lowest BCUT2D eigenvalue weighted by atomic mass is 10.1. The Balaban J connectivity index is 1.53. The van der Waals surface area contributed by atoms with E-state index in [4.69, 9.17) is 4.74 Å². The van der Waals surface area contributed by atoms with E-state index >= 15 is 0 Å². The number of rotatable bonds is 6. The second-order valence-electron chi connectivity index (χ2n) is 5.89. The number of ether oxygens (including phenoxy) is 1. The van der Waals surface area contributed by atoms with Gasteiger partial charge in [0.15, 0.2) is 0 Å². The summed E-state index contributed by atoms with van der Waals surface area (Å²) in [5, 5.41) is 2.89. The van der Waals surface area contributed by atoms with Crippen molar-refractivity contribution in [1.29, 1.82) is 0 Å². The number of methoxy groups -OCH3 is 1. The van der Waals surface area contributed by atoms with Gasteiger partial charge in [-0.3, -0.25) is 9.59 Å². The fourth-order valence-corrected chi connectivity index (χ4v) is 2.83. The minimum absolute atomic E-state index is 0.0400. The van der Waals surface area contributed by atoms with Crippen LogP contribution in [0.1, 0.15) is 12.0 Å². The molecule has 1 atom stereocenters. The van der Waals surface area contributed by atoms with Gasteiger partial charge in [-0.15, -0.1) is 0 Å². The molecule has 1 aliphatic heterocycles. The molecule has 25 heavy (non-hydrogen) atoms. The summed E-state index contributed by atoms with van der Waals surface area (Å²) in [5.74, 6) is 0.263. The summed E-state index contributed by atoms with van der Waals surface area (Å²) in [6, 6.07) is 7.26. The first-order valence-corrected chi connectivity index (χ1v) is 8.13. The van der Waals surface area contributed by atoms with E-state index in [1.807, 2.05) is 12.1 Å². The molecule has 2 aromatic rings. The van der Waals surface area contributed by atoms with Gasteiger partial charge in [0.05, 0.1) is 13.0 Å². The van der Waals surface area contributed by atoms with Crippen LogP contribution in [-0.4, -0.2) is 42.0 Å². The lowest BCUT2D eigenvalue weighted by Crippen LogP contribution is -2.34. The lowest BCUT2D eigenvalue weighted by molar-refractivity contribution is -0.126. The first kappa shape index (κ1) is 16.9. The molecule has 1 aromatic heterocycles. The maximum atomic E-state index is 12.3. The molecule has 1 unspecified atom stereocenters. The number of aromatic nitrogens is 2. The zero-order chi connectivity index (χ0) is 17.6. The number of hydrogen-bond acceptors (Lipinski definition) is 5. The third kappa shape index (κ3) is 4.12. The zero-order valence-electron chi connectivity index (χ0n) is 14.0. The summed E-state index contributed by atoms with van der Waals surface area (Å²) in [4.78, 5) is 34.1. The molecule has 130 valence electrons. The van der Waals surface area contributed by atoms with Crippen molar-refractivity contribution in [2.24, 2.45) is 5.92 Å². The summed E-state index contributed by atoms with van der Waals surface area (Å²) < 4.78 is 5.12. The van der Waals surface area contributed by atoms with Crippen LogP contribution in [0, 0.1) is 5.92 Å². The molecule has 3 rings (SSSR count). The Kier molecular flexibility index (Phi) is 5.23. The van der Waals surface area contributed by atoms with Crippen LogP contribution in [0.4, 0.5) is 5.69 Å². The first-order valence-electron chi connectivity index (χ1n) is 8.13. The topological polar surface area (TPSA) is 84.4 Å².